The van der Waals surface area contributed by atoms with Crippen LogP contribution < -0.4 is 20.1 Å². The van der Waals surface area contributed by atoms with Crippen molar-refractivity contribution < 1.29 is 29.0 Å². The van der Waals surface area contributed by atoms with E-state index >= 15 is 0 Å². The Hall–Kier alpha value is -4.17. The van der Waals surface area contributed by atoms with Gasteiger partial charge in [-0.1, -0.05) is 37.3 Å². The minimum Gasteiger partial charge on any atom is -0.490 e. The molecule has 0 aromatic heterocycles. The Morgan fingerprint density at radius 2 is 1.43 bits per heavy atom. The number of carbonyl (C=O) groups is 3. The zero-order valence-electron chi connectivity index (χ0n) is 26.7. The first-order chi connectivity index (χ1) is 20.9. The molecule has 0 radical (unpaired) electrons. The number of hydrogen-bond donors (Lipinski definition) is 3. The summed E-state index contributed by atoms with van der Waals surface area (Å²) in [6, 6.07) is 16.6. The van der Waals surface area contributed by atoms with E-state index in [2.05, 4.69) is 10.6 Å². The van der Waals surface area contributed by atoms with Crippen molar-refractivity contribution in [1.29, 1.82) is 0 Å². The van der Waals surface area contributed by atoms with Crippen molar-refractivity contribution in [3.05, 3.63) is 82.4 Å². The fraction of sp³-hybridized carbons (Fsp3) is 0.417. The van der Waals surface area contributed by atoms with Gasteiger partial charge in [0, 0.05) is 23.7 Å². The van der Waals surface area contributed by atoms with Crippen LogP contribution in [0.2, 0.25) is 0 Å². The number of nitrogens with one attached hydrogen (secondary N) is 2. The lowest BCUT2D eigenvalue weighted by Gasteiger charge is -2.44. The van der Waals surface area contributed by atoms with E-state index in [4.69, 9.17) is 9.47 Å². The molecule has 0 bridgehead atoms. The molecule has 4 unspecified atom stereocenters. The van der Waals surface area contributed by atoms with Gasteiger partial charge < -0.3 is 25.2 Å². The second kappa shape index (κ2) is 13.6. The van der Waals surface area contributed by atoms with E-state index in [-0.39, 0.29) is 6.42 Å². The number of amides is 2. The van der Waals surface area contributed by atoms with Crippen molar-refractivity contribution in [3.8, 4) is 11.5 Å². The molecule has 1 fully saturated rings. The molecular formula is C36H44N2O6. The number of hydrogen-bond acceptors (Lipinski definition) is 6. The van der Waals surface area contributed by atoms with E-state index in [1.807, 2.05) is 77.9 Å². The van der Waals surface area contributed by atoms with Crippen molar-refractivity contribution in [3.63, 3.8) is 0 Å². The number of Topliss-reactive ketones (excluding diaryl/α,β-unsaturated/α-hetero) is 1. The molecule has 3 N–H and O–H groups in total. The van der Waals surface area contributed by atoms with Crippen LogP contribution in [0.3, 0.4) is 0 Å². The molecule has 0 spiro atoms. The Morgan fingerprint density at radius 3 is 2.00 bits per heavy atom. The van der Waals surface area contributed by atoms with Crippen molar-refractivity contribution in [2.75, 3.05) is 23.8 Å². The molecule has 3 aromatic carbocycles. The van der Waals surface area contributed by atoms with Crippen LogP contribution in [0.1, 0.15) is 67.3 Å². The first-order valence-electron chi connectivity index (χ1n) is 15.3. The molecule has 234 valence electrons. The largest absolute Gasteiger partial charge is 0.490 e. The average Bonchev–Trinajstić information content (AvgIpc) is 2.95. The maximum Gasteiger partial charge on any atom is 0.235 e. The third kappa shape index (κ3) is 7.13. The predicted molar refractivity (Wildman–Crippen MR) is 172 cm³/mol. The number of ketones is 1. The average molecular weight is 601 g/mol. The quantitative estimate of drug-likeness (QED) is 0.231. The molecule has 0 saturated heterocycles. The summed E-state index contributed by atoms with van der Waals surface area (Å²) in [6.45, 7) is 13.8. The molecule has 4 atom stereocenters. The second-order valence-corrected chi connectivity index (χ2v) is 12.1. The minimum atomic E-state index is -1.73. The van der Waals surface area contributed by atoms with Crippen LogP contribution >= 0.6 is 0 Å². The Kier molecular flexibility index (Phi) is 10.1. The Bertz CT molecular complexity index is 1550. The molecule has 0 aliphatic heterocycles. The van der Waals surface area contributed by atoms with E-state index in [0.717, 1.165) is 28.7 Å². The van der Waals surface area contributed by atoms with E-state index in [0.29, 0.717) is 41.7 Å². The van der Waals surface area contributed by atoms with Crippen LogP contribution in [-0.2, 0) is 14.4 Å². The van der Waals surface area contributed by atoms with Crippen LogP contribution in [0, 0.1) is 39.5 Å². The summed E-state index contributed by atoms with van der Waals surface area (Å²) in [5.41, 5.74) is 3.60. The van der Waals surface area contributed by atoms with Crippen LogP contribution in [-0.4, -0.2) is 41.5 Å². The maximum absolute atomic E-state index is 14.2. The highest BCUT2D eigenvalue weighted by Crippen LogP contribution is 2.48. The summed E-state index contributed by atoms with van der Waals surface area (Å²) in [6.07, 6.45) is 0.448. The van der Waals surface area contributed by atoms with Gasteiger partial charge in [0.25, 0.3) is 0 Å². The zero-order valence-corrected chi connectivity index (χ0v) is 26.7. The van der Waals surface area contributed by atoms with Gasteiger partial charge >= 0.3 is 0 Å². The van der Waals surface area contributed by atoms with Crippen molar-refractivity contribution in [2.45, 2.75) is 72.8 Å². The summed E-state index contributed by atoms with van der Waals surface area (Å²) in [5.74, 6) is -3.87. The molecule has 1 aliphatic rings. The summed E-state index contributed by atoms with van der Waals surface area (Å²) < 4.78 is 11.8. The fourth-order valence-electron chi connectivity index (χ4n) is 5.99. The topological polar surface area (TPSA) is 114 Å². The van der Waals surface area contributed by atoms with E-state index < -0.39 is 41.0 Å². The van der Waals surface area contributed by atoms with Gasteiger partial charge in [0.2, 0.25) is 11.8 Å². The highest BCUT2D eigenvalue weighted by molar-refractivity contribution is 6.10. The molecule has 1 saturated carbocycles. The minimum absolute atomic E-state index is 0.352. The standard InChI is InChI=1S/C36H44N2O6/c1-8-16-44-29-15-14-25(19-30(29)43-9-2)31-32(34(40)37-26-17-21(3)10-12-23(26)5)28(39)20-36(7,42)33(31)35(41)38-27-18-22(4)11-13-24(27)6/h10-15,17-19,31-33,42H,8-9,16,20H2,1-7H3,(H,37,40)(H,38,41). The number of aryl methyl sites for hydroxylation is 4. The lowest BCUT2D eigenvalue weighted by Crippen LogP contribution is -2.56. The van der Waals surface area contributed by atoms with Crippen LogP contribution in [0.25, 0.3) is 0 Å². The molecule has 44 heavy (non-hydrogen) atoms. The SMILES string of the molecule is CCCOc1ccc(C2C(C(=O)Nc3cc(C)ccc3C)C(=O)CC(C)(O)C2C(=O)Nc2cc(C)ccc2C)cc1OCC. The number of ether oxygens (including phenoxy) is 2. The van der Waals surface area contributed by atoms with Gasteiger partial charge in [0.1, 0.15) is 11.7 Å². The third-order valence-electron chi connectivity index (χ3n) is 8.25. The van der Waals surface area contributed by atoms with Gasteiger partial charge in [-0.25, -0.2) is 0 Å². The number of anilines is 2. The summed E-state index contributed by atoms with van der Waals surface area (Å²) in [5, 5.41) is 17.7. The molecule has 3 aromatic rings. The number of aliphatic hydroxyl groups is 1. The van der Waals surface area contributed by atoms with E-state index in [1.165, 1.54) is 6.92 Å². The number of benzene rings is 3. The Morgan fingerprint density at radius 1 is 0.841 bits per heavy atom. The van der Waals surface area contributed by atoms with E-state index in [9.17, 15) is 19.5 Å². The smallest absolute Gasteiger partial charge is 0.235 e. The predicted octanol–water partition coefficient (Wildman–Crippen LogP) is 6.42. The van der Waals surface area contributed by atoms with Gasteiger partial charge in [-0.15, -0.1) is 0 Å². The lowest BCUT2D eigenvalue weighted by molar-refractivity contribution is -0.150. The van der Waals surface area contributed by atoms with Crippen LogP contribution in [0.4, 0.5) is 11.4 Å². The molecule has 8 nitrogen and oxygen atoms in total. The second-order valence-electron chi connectivity index (χ2n) is 12.1. The zero-order chi connectivity index (χ0) is 32.2. The van der Waals surface area contributed by atoms with Crippen molar-refractivity contribution in [2.24, 2.45) is 11.8 Å². The fourth-order valence-corrected chi connectivity index (χ4v) is 5.99. The van der Waals surface area contributed by atoms with Crippen LogP contribution in [0.5, 0.6) is 11.5 Å². The van der Waals surface area contributed by atoms with Gasteiger partial charge in [-0.05, 0) is 100 Å². The highest BCUT2D eigenvalue weighted by Gasteiger charge is 2.56. The van der Waals surface area contributed by atoms with Gasteiger partial charge in [-0.3, -0.25) is 14.4 Å². The third-order valence-corrected chi connectivity index (χ3v) is 8.25. The van der Waals surface area contributed by atoms with Gasteiger partial charge in [0.05, 0.1) is 24.7 Å². The van der Waals surface area contributed by atoms with Gasteiger partial charge in [-0.2, -0.15) is 0 Å². The Balaban J connectivity index is 1.85. The first-order valence-corrected chi connectivity index (χ1v) is 15.3. The normalized spacial score (nSPS) is 21.5. The van der Waals surface area contributed by atoms with Crippen molar-refractivity contribution in [1.82, 2.24) is 0 Å². The number of rotatable bonds is 10. The summed E-state index contributed by atoms with van der Waals surface area (Å²) in [4.78, 5) is 42.1. The molecule has 4 rings (SSSR count). The summed E-state index contributed by atoms with van der Waals surface area (Å²) in [7, 11) is 0. The molecule has 0 heterocycles. The summed E-state index contributed by atoms with van der Waals surface area (Å²) >= 11 is 0. The van der Waals surface area contributed by atoms with E-state index in [1.54, 1.807) is 18.2 Å². The lowest BCUT2D eigenvalue weighted by atomic mass is 9.61. The van der Waals surface area contributed by atoms with Gasteiger partial charge in [0.15, 0.2) is 11.5 Å². The monoisotopic (exact) mass is 600 g/mol. The first kappa shape index (κ1) is 32.7. The molecular weight excluding hydrogens is 556 g/mol. The van der Waals surface area contributed by atoms with Crippen LogP contribution in [0.15, 0.2) is 54.6 Å². The molecule has 2 amide bonds. The highest BCUT2D eigenvalue weighted by atomic mass is 16.5. The molecule has 1 aliphatic carbocycles. The number of carbonyl (C=O) groups excluding carboxylic acids is 3. The maximum atomic E-state index is 14.2. The van der Waals surface area contributed by atoms with Crippen molar-refractivity contribution >= 4 is 29.0 Å². The Labute approximate surface area is 260 Å². The molecule has 8 heteroatoms.